The van der Waals surface area contributed by atoms with E-state index in [1.54, 1.807) is 0 Å². The lowest BCUT2D eigenvalue weighted by molar-refractivity contribution is 1.14. The molecule has 0 heterocycles. The summed E-state index contributed by atoms with van der Waals surface area (Å²) in [6.07, 6.45) is 0.964. The normalized spacial score (nSPS) is 10.3. The number of para-hydroxylation sites is 2. The fourth-order valence-corrected chi connectivity index (χ4v) is 2.19. The Morgan fingerprint density at radius 2 is 1.59 bits per heavy atom. The van der Waals surface area contributed by atoms with Crippen molar-refractivity contribution in [3.8, 4) is 0 Å². The van der Waals surface area contributed by atoms with Gasteiger partial charge in [0, 0.05) is 5.69 Å². The monoisotopic (exact) mass is 265 g/mol. The zero-order valence-electron chi connectivity index (χ0n) is 9.50. The van der Waals surface area contributed by atoms with Crippen molar-refractivity contribution in [1.29, 1.82) is 0 Å². The molecule has 0 unspecified atom stereocenters. The van der Waals surface area contributed by atoms with Crippen LogP contribution in [0.2, 0.25) is 10.0 Å². The van der Waals surface area contributed by atoms with Gasteiger partial charge in [0.15, 0.2) is 0 Å². The summed E-state index contributed by atoms with van der Waals surface area (Å²) in [4.78, 5) is 0. The number of aryl methyl sites for hydroxylation is 1. The van der Waals surface area contributed by atoms with Crippen molar-refractivity contribution in [3.05, 3.63) is 58.1 Å². The van der Waals surface area contributed by atoms with Gasteiger partial charge in [0.25, 0.3) is 0 Å². The van der Waals surface area contributed by atoms with Crippen molar-refractivity contribution in [1.82, 2.24) is 0 Å². The molecule has 1 nitrogen and oxygen atoms in total. The predicted octanol–water partition coefficient (Wildman–Crippen LogP) is 5.30. The fraction of sp³-hybridized carbons (Fsp3) is 0.143. The molecule has 2 aromatic rings. The van der Waals surface area contributed by atoms with Crippen molar-refractivity contribution in [2.75, 3.05) is 5.32 Å². The third-order valence-electron chi connectivity index (χ3n) is 2.62. The van der Waals surface area contributed by atoms with Gasteiger partial charge < -0.3 is 5.32 Å². The second-order valence-corrected chi connectivity index (χ2v) is 4.55. The Morgan fingerprint density at radius 1 is 0.941 bits per heavy atom. The fourth-order valence-electron chi connectivity index (χ4n) is 1.70. The third kappa shape index (κ3) is 2.74. The quantitative estimate of drug-likeness (QED) is 0.794. The van der Waals surface area contributed by atoms with Crippen LogP contribution in [-0.4, -0.2) is 0 Å². The Morgan fingerprint density at radius 3 is 2.24 bits per heavy atom. The summed E-state index contributed by atoms with van der Waals surface area (Å²) in [6.45, 7) is 2.12. The molecule has 88 valence electrons. The second kappa shape index (κ2) is 5.44. The molecule has 0 bridgehead atoms. The Kier molecular flexibility index (Phi) is 3.93. The van der Waals surface area contributed by atoms with Crippen LogP contribution < -0.4 is 5.32 Å². The molecule has 0 aliphatic carbocycles. The van der Waals surface area contributed by atoms with E-state index in [1.165, 1.54) is 5.56 Å². The Hall–Kier alpha value is -1.18. The average molecular weight is 266 g/mol. The molecule has 0 aromatic heterocycles. The first-order chi connectivity index (χ1) is 8.22. The van der Waals surface area contributed by atoms with Crippen molar-refractivity contribution in [3.63, 3.8) is 0 Å². The van der Waals surface area contributed by atoms with Gasteiger partial charge >= 0.3 is 0 Å². The molecule has 0 aliphatic rings. The smallest absolute Gasteiger partial charge is 0.0762 e. The molecule has 0 saturated carbocycles. The molecule has 0 radical (unpaired) electrons. The first kappa shape index (κ1) is 12.3. The van der Waals surface area contributed by atoms with Gasteiger partial charge in [-0.15, -0.1) is 0 Å². The first-order valence-corrected chi connectivity index (χ1v) is 6.27. The number of nitrogens with one attached hydrogen (secondary N) is 1. The van der Waals surface area contributed by atoms with E-state index in [4.69, 9.17) is 23.2 Å². The molecule has 0 atom stereocenters. The molecule has 0 saturated heterocycles. The first-order valence-electron chi connectivity index (χ1n) is 5.51. The van der Waals surface area contributed by atoms with E-state index in [2.05, 4.69) is 18.3 Å². The summed E-state index contributed by atoms with van der Waals surface area (Å²) in [5.74, 6) is 0. The minimum absolute atomic E-state index is 0.628. The van der Waals surface area contributed by atoms with Gasteiger partial charge in [-0.3, -0.25) is 0 Å². The van der Waals surface area contributed by atoms with E-state index in [1.807, 2.05) is 36.4 Å². The van der Waals surface area contributed by atoms with Gasteiger partial charge in [-0.25, -0.2) is 0 Å². The maximum Gasteiger partial charge on any atom is 0.0762 e. The van der Waals surface area contributed by atoms with Gasteiger partial charge in [-0.05, 0) is 30.2 Å². The van der Waals surface area contributed by atoms with Crippen molar-refractivity contribution in [2.24, 2.45) is 0 Å². The summed E-state index contributed by atoms with van der Waals surface area (Å²) >= 11 is 12.3. The van der Waals surface area contributed by atoms with Crippen LogP contribution in [-0.2, 0) is 6.42 Å². The van der Waals surface area contributed by atoms with Crippen LogP contribution in [0.4, 0.5) is 11.4 Å². The zero-order valence-corrected chi connectivity index (χ0v) is 11.0. The summed E-state index contributed by atoms with van der Waals surface area (Å²) in [5, 5.41) is 4.55. The maximum absolute atomic E-state index is 6.13. The number of benzene rings is 2. The predicted molar refractivity (Wildman–Crippen MR) is 75.6 cm³/mol. The molecule has 0 amide bonds. The number of anilines is 2. The number of halogens is 2. The van der Waals surface area contributed by atoms with Crippen LogP contribution in [0.25, 0.3) is 0 Å². The van der Waals surface area contributed by atoms with E-state index in [-0.39, 0.29) is 0 Å². The van der Waals surface area contributed by atoms with E-state index < -0.39 is 0 Å². The summed E-state index contributed by atoms with van der Waals surface area (Å²) < 4.78 is 0. The molecule has 3 heteroatoms. The lowest BCUT2D eigenvalue weighted by Crippen LogP contribution is -1.96. The Balaban J connectivity index is 2.38. The van der Waals surface area contributed by atoms with Crippen molar-refractivity contribution >= 4 is 34.6 Å². The molecule has 0 fully saturated rings. The maximum atomic E-state index is 6.13. The van der Waals surface area contributed by atoms with Crippen molar-refractivity contribution in [2.45, 2.75) is 13.3 Å². The van der Waals surface area contributed by atoms with Crippen molar-refractivity contribution < 1.29 is 0 Å². The molecule has 0 spiro atoms. The molecule has 2 aromatic carbocycles. The number of hydrogen-bond acceptors (Lipinski definition) is 1. The lowest BCUT2D eigenvalue weighted by Gasteiger charge is -2.13. The van der Waals surface area contributed by atoms with Crippen LogP contribution in [0.15, 0.2) is 42.5 Å². The second-order valence-electron chi connectivity index (χ2n) is 3.73. The van der Waals surface area contributed by atoms with Gasteiger partial charge in [0.1, 0.15) is 0 Å². The summed E-state index contributed by atoms with van der Waals surface area (Å²) in [7, 11) is 0. The van der Waals surface area contributed by atoms with Gasteiger partial charge in [0.2, 0.25) is 0 Å². The standard InChI is InChI=1S/C14H13Cl2N/c1-2-10-6-3-4-9-13(10)17-14-11(15)7-5-8-12(14)16/h3-9,17H,2H2,1H3. The van der Waals surface area contributed by atoms with Crippen LogP contribution in [0, 0.1) is 0 Å². The molecule has 0 aliphatic heterocycles. The third-order valence-corrected chi connectivity index (χ3v) is 3.25. The highest BCUT2D eigenvalue weighted by atomic mass is 35.5. The minimum atomic E-state index is 0.628. The van der Waals surface area contributed by atoms with Crippen LogP contribution >= 0.6 is 23.2 Å². The minimum Gasteiger partial charge on any atom is -0.353 e. The number of rotatable bonds is 3. The Labute approximate surface area is 111 Å². The van der Waals surface area contributed by atoms with Gasteiger partial charge in [0.05, 0.1) is 15.7 Å². The van der Waals surface area contributed by atoms with Gasteiger partial charge in [-0.1, -0.05) is 54.4 Å². The van der Waals surface area contributed by atoms with Gasteiger partial charge in [-0.2, -0.15) is 0 Å². The summed E-state index contributed by atoms with van der Waals surface area (Å²) in [5.41, 5.74) is 3.05. The SMILES string of the molecule is CCc1ccccc1Nc1c(Cl)cccc1Cl. The van der Waals surface area contributed by atoms with E-state index in [0.29, 0.717) is 10.0 Å². The average Bonchev–Trinajstić information content (AvgIpc) is 2.34. The summed E-state index contributed by atoms with van der Waals surface area (Å²) in [6, 6.07) is 13.6. The van der Waals surface area contributed by atoms with Crippen LogP contribution in [0.1, 0.15) is 12.5 Å². The highest BCUT2D eigenvalue weighted by Gasteiger charge is 2.07. The highest BCUT2D eigenvalue weighted by Crippen LogP contribution is 2.33. The van der Waals surface area contributed by atoms with E-state index in [9.17, 15) is 0 Å². The molecule has 2 rings (SSSR count). The van der Waals surface area contributed by atoms with Crippen LogP contribution in [0.3, 0.4) is 0 Å². The molecule has 17 heavy (non-hydrogen) atoms. The highest BCUT2D eigenvalue weighted by molar-refractivity contribution is 6.39. The van der Waals surface area contributed by atoms with Crippen LogP contribution in [0.5, 0.6) is 0 Å². The van der Waals surface area contributed by atoms with E-state index >= 15 is 0 Å². The van der Waals surface area contributed by atoms with E-state index in [0.717, 1.165) is 17.8 Å². The topological polar surface area (TPSA) is 12.0 Å². The lowest BCUT2D eigenvalue weighted by atomic mass is 10.1. The zero-order chi connectivity index (χ0) is 12.3. The Bertz CT molecular complexity index is 503. The number of hydrogen-bond donors (Lipinski definition) is 1. The largest absolute Gasteiger partial charge is 0.353 e. The molecular weight excluding hydrogens is 253 g/mol. The molecular formula is C14H13Cl2N. The molecule has 1 N–H and O–H groups in total.